The number of nitrogens with one attached hydrogen (secondary N) is 2. The van der Waals surface area contributed by atoms with Gasteiger partial charge in [-0.25, -0.2) is 4.98 Å². The topological polar surface area (TPSA) is 82.6 Å². The van der Waals surface area contributed by atoms with Gasteiger partial charge in [0.05, 0.1) is 24.7 Å². The summed E-state index contributed by atoms with van der Waals surface area (Å²) in [5, 5.41) is 6.55. The second kappa shape index (κ2) is 9.30. The van der Waals surface area contributed by atoms with Crippen molar-refractivity contribution in [3.05, 3.63) is 65.9 Å². The first kappa shape index (κ1) is 22.2. The highest BCUT2D eigenvalue weighted by Gasteiger charge is 2.33. The number of carbonyl (C=O) groups is 1. The monoisotopic (exact) mass is 458 g/mol. The number of carbonyl (C=O) groups excluding carboxylic acids is 1. The third-order valence-electron chi connectivity index (χ3n) is 6.76. The lowest BCUT2D eigenvalue weighted by Gasteiger charge is -2.32. The Kier molecular flexibility index (Phi) is 6.06. The average Bonchev–Trinajstić information content (AvgIpc) is 2.87. The molecule has 176 valence electrons. The zero-order valence-electron chi connectivity index (χ0n) is 19.8. The number of piperidine rings is 1. The van der Waals surface area contributed by atoms with Crippen LogP contribution in [0.5, 0.6) is 5.75 Å². The molecule has 0 radical (unpaired) electrons. The maximum absolute atomic E-state index is 13.0. The fourth-order valence-electron chi connectivity index (χ4n) is 4.70. The maximum atomic E-state index is 13.0. The van der Waals surface area contributed by atoms with Crippen LogP contribution < -0.4 is 20.3 Å². The summed E-state index contributed by atoms with van der Waals surface area (Å²) in [7, 11) is 5.59. The zero-order chi connectivity index (χ0) is 23.7. The van der Waals surface area contributed by atoms with Crippen LogP contribution in [0.2, 0.25) is 0 Å². The first-order chi connectivity index (χ1) is 16.5. The summed E-state index contributed by atoms with van der Waals surface area (Å²) in [6.07, 6.45) is 4.01. The zero-order valence-corrected chi connectivity index (χ0v) is 19.8. The summed E-state index contributed by atoms with van der Waals surface area (Å²) in [5.74, 6) is 2.18. The predicted octanol–water partition coefficient (Wildman–Crippen LogP) is 4.17. The summed E-state index contributed by atoms with van der Waals surface area (Å²) >= 11 is 0. The minimum absolute atomic E-state index is 0.0663. The number of amides is 1. The Morgan fingerprint density at radius 1 is 1.06 bits per heavy atom. The molecule has 2 aliphatic rings. The quantitative estimate of drug-likeness (QED) is 0.594. The highest BCUT2D eigenvalue weighted by molar-refractivity contribution is 6.04. The molecule has 3 aromatic rings. The molecule has 2 aliphatic heterocycles. The highest BCUT2D eigenvalue weighted by atomic mass is 16.5. The lowest BCUT2D eigenvalue weighted by Crippen LogP contribution is -2.40. The fraction of sp³-hybridized carbons (Fsp3) is 0.346. The summed E-state index contributed by atoms with van der Waals surface area (Å²) < 4.78 is 5.68. The third-order valence-corrected chi connectivity index (χ3v) is 6.76. The van der Waals surface area contributed by atoms with Crippen LogP contribution in [0.25, 0.3) is 0 Å². The van der Waals surface area contributed by atoms with Crippen LogP contribution in [0.15, 0.2) is 54.7 Å². The Morgan fingerprint density at radius 2 is 1.82 bits per heavy atom. The van der Waals surface area contributed by atoms with E-state index in [-0.39, 0.29) is 5.91 Å². The molecule has 1 atom stereocenters. The number of aromatic nitrogens is 2. The number of rotatable bonds is 5. The molecule has 2 N–H and O–H groups in total. The van der Waals surface area contributed by atoms with Crippen molar-refractivity contribution < 1.29 is 9.53 Å². The van der Waals surface area contributed by atoms with E-state index < -0.39 is 6.04 Å². The number of benzene rings is 2. The number of anilines is 4. The Balaban J connectivity index is 1.37. The van der Waals surface area contributed by atoms with Crippen molar-refractivity contribution in [2.75, 3.05) is 49.8 Å². The van der Waals surface area contributed by atoms with E-state index in [9.17, 15) is 4.79 Å². The van der Waals surface area contributed by atoms with Gasteiger partial charge in [0.25, 0.3) is 5.91 Å². The molecule has 1 amide bonds. The molecule has 1 saturated heterocycles. The van der Waals surface area contributed by atoms with Crippen LogP contribution >= 0.6 is 0 Å². The van der Waals surface area contributed by atoms with E-state index in [0.717, 1.165) is 42.9 Å². The van der Waals surface area contributed by atoms with Crippen LogP contribution in [0, 0.1) is 0 Å². The van der Waals surface area contributed by atoms with Gasteiger partial charge in [0.2, 0.25) is 5.95 Å². The minimum Gasteiger partial charge on any atom is -0.495 e. The van der Waals surface area contributed by atoms with Gasteiger partial charge in [-0.2, -0.15) is 4.98 Å². The molecule has 0 aliphatic carbocycles. The fourth-order valence-corrected chi connectivity index (χ4v) is 4.70. The van der Waals surface area contributed by atoms with Crippen LogP contribution in [0.4, 0.5) is 23.1 Å². The number of likely N-dealkylation sites (N-methyl/N-ethyl adjacent to an activating group) is 1. The predicted molar refractivity (Wildman–Crippen MR) is 134 cm³/mol. The molecule has 2 aromatic carbocycles. The van der Waals surface area contributed by atoms with Crippen LogP contribution in [-0.4, -0.2) is 55.1 Å². The van der Waals surface area contributed by atoms with Gasteiger partial charge >= 0.3 is 0 Å². The molecular formula is C26H30N6O2. The van der Waals surface area contributed by atoms with Crippen molar-refractivity contribution >= 4 is 29.0 Å². The molecule has 3 heterocycles. The second-order valence-corrected chi connectivity index (χ2v) is 8.98. The molecule has 34 heavy (non-hydrogen) atoms. The van der Waals surface area contributed by atoms with E-state index in [1.165, 1.54) is 5.56 Å². The first-order valence-electron chi connectivity index (χ1n) is 11.6. The number of hydrogen-bond donors (Lipinski definition) is 2. The molecule has 8 nitrogen and oxygen atoms in total. The largest absolute Gasteiger partial charge is 0.495 e. The van der Waals surface area contributed by atoms with Crippen molar-refractivity contribution in [2.45, 2.75) is 24.8 Å². The van der Waals surface area contributed by atoms with Gasteiger partial charge in [0, 0.05) is 7.05 Å². The number of ether oxygens (including phenoxy) is 1. The van der Waals surface area contributed by atoms with Gasteiger partial charge in [-0.1, -0.05) is 36.4 Å². The van der Waals surface area contributed by atoms with E-state index in [2.05, 4.69) is 44.7 Å². The van der Waals surface area contributed by atoms with E-state index in [1.807, 2.05) is 36.4 Å². The van der Waals surface area contributed by atoms with Gasteiger partial charge < -0.3 is 20.3 Å². The number of methoxy groups -OCH3 is 1. The standard InChI is InChI=1S/C26H30N6O2/c1-31-13-11-17(12-14-31)19-9-10-20(22(15-19)34-3)29-26-27-16-21-24(30-26)32(2)25(33)23(28-21)18-7-5-4-6-8-18/h4-10,15-17,23,28H,11-14H2,1-3H3,(H,27,29,30). The smallest absolute Gasteiger partial charge is 0.255 e. The van der Waals surface area contributed by atoms with Gasteiger partial charge in [-0.15, -0.1) is 0 Å². The van der Waals surface area contributed by atoms with Crippen molar-refractivity contribution in [3.63, 3.8) is 0 Å². The molecule has 0 bridgehead atoms. The van der Waals surface area contributed by atoms with E-state index in [1.54, 1.807) is 25.3 Å². The van der Waals surface area contributed by atoms with Gasteiger partial charge in [-0.3, -0.25) is 9.69 Å². The van der Waals surface area contributed by atoms with E-state index in [0.29, 0.717) is 23.4 Å². The van der Waals surface area contributed by atoms with Crippen molar-refractivity contribution in [1.29, 1.82) is 0 Å². The number of hydrogen-bond acceptors (Lipinski definition) is 7. The van der Waals surface area contributed by atoms with Crippen LogP contribution in [-0.2, 0) is 4.79 Å². The lowest BCUT2D eigenvalue weighted by atomic mass is 9.89. The molecule has 8 heteroatoms. The minimum atomic E-state index is -0.465. The Labute approximate surface area is 200 Å². The normalized spacial score (nSPS) is 18.9. The molecule has 1 aromatic heterocycles. The number of likely N-dealkylation sites (tertiary alicyclic amines) is 1. The number of fused-ring (bicyclic) bond motifs is 1. The summed E-state index contributed by atoms with van der Waals surface area (Å²) in [6, 6.07) is 15.5. The average molecular weight is 459 g/mol. The summed E-state index contributed by atoms with van der Waals surface area (Å²) in [4.78, 5) is 26.1. The van der Waals surface area contributed by atoms with Crippen molar-refractivity contribution in [3.8, 4) is 5.75 Å². The second-order valence-electron chi connectivity index (χ2n) is 8.98. The Hall–Kier alpha value is -3.65. The van der Waals surface area contributed by atoms with Crippen molar-refractivity contribution in [2.24, 2.45) is 0 Å². The maximum Gasteiger partial charge on any atom is 0.255 e. The van der Waals surface area contributed by atoms with E-state index in [4.69, 9.17) is 4.74 Å². The molecule has 0 saturated carbocycles. The van der Waals surface area contributed by atoms with Gasteiger partial charge in [0.1, 0.15) is 11.8 Å². The van der Waals surface area contributed by atoms with Crippen LogP contribution in [0.3, 0.4) is 0 Å². The van der Waals surface area contributed by atoms with Gasteiger partial charge in [-0.05, 0) is 62.2 Å². The SMILES string of the molecule is COc1cc(C2CCN(C)CC2)ccc1Nc1ncc2c(n1)N(C)C(=O)C(c1ccccc1)N2. The molecule has 0 spiro atoms. The van der Waals surface area contributed by atoms with Gasteiger partial charge in [0.15, 0.2) is 5.82 Å². The highest BCUT2D eigenvalue weighted by Crippen LogP contribution is 2.37. The van der Waals surface area contributed by atoms with E-state index >= 15 is 0 Å². The van der Waals surface area contributed by atoms with Crippen LogP contribution in [0.1, 0.15) is 35.9 Å². The molecular weight excluding hydrogens is 428 g/mol. The Bertz CT molecular complexity index is 1180. The van der Waals surface area contributed by atoms with Crippen molar-refractivity contribution in [1.82, 2.24) is 14.9 Å². The molecule has 5 rings (SSSR count). The molecule has 1 unspecified atom stereocenters. The first-order valence-corrected chi connectivity index (χ1v) is 11.6. The third kappa shape index (κ3) is 4.28. The summed E-state index contributed by atoms with van der Waals surface area (Å²) in [6.45, 7) is 2.22. The summed E-state index contributed by atoms with van der Waals surface area (Å²) in [5.41, 5.74) is 3.70. The number of nitrogens with zero attached hydrogens (tertiary/aromatic N) is 4. The Morgan fingerprint density at radius 3 is 2.56 bits per heavy atom. The lowest BCUT2D eigenvalue weighted by molar-refractivity contribution is -0.119. The molecule has 1 fully saturated rings.